The molecule has 2 N–H and O–H groups in total. The zero-order valence-corrected chi connectivity index (χ0v) is 15.1. The van der Waals surface area contributed by atoms with Gasteiger partial charge in [-0.05, 0) is 54.6 Å². The Labute approximate surface area is 159 Å². The van der Waals surface area contributed by atoms with E-state index in [0.29, 0.717) is 10.6 Å². The Balaban J connectivity index is 1.47. The first-order valence-electron chi connectivity index (χ1n) is 7.69. The third-order valence-electron chi connectivity index (χ3n) is 3.40. The predicted octanol–water partition coefficient (Wildman–Crippen LogP) is 3.08. The number of carbonyl (C=O) groups is 2. The monoisotopic (exact) mass is 386 g/mol. The van der Waals surface area contributed by atoms with Crippen LogP contribution in [0.3, 0.4) is 0 Å². The summed E-state index contributed by atoms with van der Waals surface area (Å²) in [5.74, 6) is -0.506. The summed E-state index contributed by atoms with van der Waals surface area (Å²) in [4.78, 5) is 24.9. The van der Waals surface area contributed by atoms with E-state index in [1.54, 1.807) is 47.3 Å². The van der Waals surface area contributed by atoms with Crippen LogP contribution in [0, 0.1) is 0 Å². The van der Waals surface area contributed by atoms with Crippen LogP contribution in [0.1, 0.15) is 10.4 Å². The molecule has 2 amide bonds. The molecule has 0 saturated heterocycles. The molecule has 0 fully saturated rings. The Bertz CT molecular complexity index is 881. The van der Waals surface area contributed by atoms with Crippen LogP contribution in [0.15, 0.2) is 71.9 Å². The standard InChI is InChI=1S/C18H15ClN4O2S/c19-14-4-8-16(9-5-14)26-12-17(24)21-22-18(25)13-2-6-15(7-3-13)23-11-1-10-20-23/h1-11H,12H2,(H,21,24)(H,22,25). The Morgan fingerprint density at radius 1 is 1.04 bits per heavy atom. The van der Waals surface area contributed by atoms with Gasteiger partial charge >= 0.3 is 0 Å². The normalized spacial score (nSPS) is 10.3. The van der Waals surface area contributed by atoms with E-state index in [1.165, 1.54) is 11.8 Å². The van der Waals surface area contributed by atoms with Gasteiger partial charge in [-0.1, -0.05) is 11.6 Å². The number of thioether (sulfide) groups is 1. The number of hydrogen-bond acceptors (Lipinski definition) is 4. The van der Waals surface area contributed by atoms with Crippen LogP contribution in [-0.4, -0.2) is 27.3 Å². The molecule has 0 aliphatic heterocycles. The Hall–Kier alpha value is -2.77. The van der Waals surface area contributed by atoms with Crippen LogP contribution in [0.4, 0.5) is 0 Å². The van der Waals surface area contributed by atoms with Crippen LogP contribution in [0.2, 0.25) is 5.02 Å². The van der Waals surface area contributed by atoms with Crippen molar-refractivity contribution in [3.05, 3.63) is 77.6 Å². The van der Waals surface area contributed by atoms with Gasteiger partial charge in [-0.3, -0.25) is 20.4 Å². The van der Waals surface area contributed by atoms with Crippen molar-refractivity contribution in [3.63, 3.8) is 0 Å². The molecule has 26 heavy (non-hydrogen) atoms. The van der Waals surface area contributed by atoms with Crippen LogP contribution in [0.5, 0.6) is 0 Å². The van der Waals surface area contributed by atoms with Crippen LogP contribution in [-0.2, 0) is 4.79 Å². The number of nitrogens with one attached hydrogen (secondary N) is 2. The molecular weight excluding hydrogens is 372 g/mol. The lowest BCUT2D eigenvalue weighted by Crippen LogP contribution is -2.42. The fraction of sp³-hybridized carbons (Fsp3) is 0.0556. The smallest absolute Gasteiger partial charge is 0.269 e. The minimum absolute atomic E-state index is 0.181. The molecule has 0 unspecified atom stereocenters. The third-order valence-corrected chi connectivity index (χ3v) is 4.66. The van der Waals surface area contributed by atoms with E-state index >= 15 is 0 Å². The molecule has 1 heterocycles. The molecule has 0 radical (unpaired) electrons. The topological polar surface area (TPSA) is 76.0 Å². The fourth-order valence-electron chi connectivity index (χ4n) is 2.10. The van der Waals surface area contributed by atoms with Crippen LogP contribution in [0.25, 0.3) is 5.69 Å². The summed E-state index contributed by atoms with van der Waals surface area (Å²) in [6.07, 6.45) is 3.49. The molecule has 3 rings (SSSR count). The van der Waals surface area contributed by atoms with Crippen molar-refractivity contribution >= 4 is 35.2 Å². The zero-order valence-electron chi connectivity index (χ0n) is 13.6. The molecule has 0 spiro atoms. The summed E-state index contributed by atoms with van der Waals surface area (Å²) in [5.41, 5.74) is 6.08. The summed E-state index contributed by atoms with van der Waals surface area (Å²) in [7, 11) is 0. The maximum absolute atomic E-state index is 12.1. The number of rotatable bonds is 5. The van der Waals surface area contributed by atoms with Gasteiger partial charge in [0.25, 0.3) is 5.91 Å². The van der Waals surface area contributed by atoms with Gasteiger partial charge < -0.3 is 0 Å². The number of halogens is 1. The minimum Gasteiger partial charge on any atom is -0.272 e. The molecular formula is C18H15ClN4O2S. The Morgan fingerprint density at radius 2 is 1.77 bits per heavy atom. The van der Waals surface area contributed by atoms with Crippen LogP contribution < -0.4 is 10.9 Å². The quantitative estimate of drug-likeness (QED) is 0.522. The molecule has 3 aromatic rings. The van der Waals surface area contributed by atoms with Gasteiger partial charge in [-0.2, -0.15) is 5.10 Å². The van der Waals surface area contributed by atoms with Crippen molar-refractivity contribution in [1.29, 1.82) is 0 Å². The molecule has 0 aliphatic rings. The van der Waals surface area contributed by atoms with Crippen molar-refractivity contribution in [3.8, 4) is 5.69 Å². The summed E-state index contributed by atoms with van der Waals surface area (Å²) in [6.45, 7) is 0. The molecule has 2 aromatic carbocycles. The van der Waals surface area contributed by atoms with E-state index in [-0.39, 0.29) is 17.6 Å². The maximum Gasteiger partial charge on any atom is 0.269 e. The molecule has 6 nitrogen and oxygen atoms in total. The van der Waals surface area contributed by atoms with Crippen molar-refractivity contribution in [2.24, 2.45) is 0 Å². The fourth-order valence-corrected chi connectivity index (χ4v) is 2.93. The van der Waals surface area contributed by atoms with Crippen molar-refractivity contribution in [2.45, 2.75) is 4.90 Å². The number of carbonyl (C=O) groups excluding carboxylic acids is 2. The van der Waals surface area contributed by atoms with Gasteiger partial charge in [0.2, 0.25) is 5.91 Å². The number of amides is 2. The minimum atomic E-state index is -0.387. The molecule has 0 atom stereocenters. The van der Waals surface area contributed by atoms with E-state index in [4.69, 9.17) is 11.6 Å². The highest BCUT2D eigenvalue weighted by atomic mass is 35.5. The van der Waals surface area contributed by atoms with E-state index in [2.05, 4.69) is 16.0 Å². The van der Waals surface area contributed by atoms with Gasteiger partial charge in [0, 0.05) is 27.9 Å². The predicted molar refractivity (Wildman–Crippen MR) is 101 cm³/mol. The largest absolute Gasteiger partial charge is 0.272 e. The lowest BCUT2D eigenvalue weighted by molar-refractivity contribution is -0.119. The van der Waals surface area contributed by atoms with E-state index < -0.39 is 0 Å². The van der Waals surface area contributed by atoms with Gasteiger partial charge in [-0.25, -0.2) is 4.68 Å². The molecule has 1 aromatic heterocycles. The van der Waals surface area contributed by atoms with Crippen molar-refractivity contribution in [2.75, 3.05) is 5.75 Å². The molecule has 8 heteroatoms. The zero-order chi connectivity index (χ0) is 18.4. The number of hydrogen-bond donors (Lipinski definition) is 2. The van der Waals surface area contributed by atoms with Gasteiger partial charge in [0.05, 0.1) is 11.4 Å². The highest BCUT2D eigenvalue weighted by molar-refractivity contribution is 8.00. The number of benzene rings is 2. The van der Waals surface area contributed by atoms with Crippen LogP contribution >= 0.6 is 23.4 Å². The number of nitrogens with zero attached hydrogens (tertiary/aromatic N) is 2. The summed E-state index contributed by atoms with van der Waals surface area (Å²) in [5, 5.41) is 4.76. The average Bonchev–Trinajstić information content (AvgIpc) is 3.20. The first-order chi connectivity index (χ1) is 12.6. The first kappa shape index (κ1) is 18.0. The summed E-state index contributed by atoms with van der Waals surface area (Å²) >= 11 is 7.17. The van der Waals surface area contributed by atoms with Gasteiger partial charge in [0.1, 0.15) is 0 Å². The SMILES string of the molecule is O=C(CSc1ccc(Cl)cc1)NNC(=O)c1ccc(-n2cccn2)cc1. The summed E-state index contributed by atoms with van der Waals surface area (Å²) < 4.78 is 1.69. The average molecular weight is 387 g/mol. The Morgan fingerprint density at radius 3 is 2.42 bits per heavy atom. The molecule has 0 saturated carbocycles. The highest BCUT2D eigenvalue weighted by Crippen LogP contribution is 2.19. The molecule has 0 bridgehead atoms. The third kappa shape index (κ3) is 4.87. The van der Waals surface area contributed by atoms with Crippen molar-refractivity contribution in [1.82, 2.24) is 20.6 Å². The maximum atomic E-state index is 12.1. The second-order valence-electron chi connectivity index (χ2n) is 5.24. The summed E-state index contributed by atoms with van der Waals surface area (Å²) in [6, 6.07) is 15.9. The number of aromatic nitrogens is 2. The molecule has 0 aliphatic carbocycles. The lowest BCUT2D eigenvalue weighted by Gasteiger charge is -2.08. The second kappa shape index (κ2) is 8.55. The van der Waals surface area contributed by atoms with E-state index in [0.717, 1.165) is 10.6 Å². The van der Waals surface area contributed by atoms with E-state index in [9.17, 15) is 9.59 Å². The van der Waals surface area contributed by atoms with Gasteiger partial charge in [-0.15, -0.1) is 11.8 Å². The second-order valence-corrected chi connectivity index (χ2v) is 6.73. The number of hydrazine groups is 1. The van der Waals surface area contributed by atoms with Gasteiger partial charge in [0.15, 0.2) is 0 Å². The van der Waals surface area contributed by atoms with Crippen molar-refractivity contribution < 1.29 is 9.59 Å². The van der Waals surface area contributed by atoms with E-state index in [1.807, 2.05) is 24.4 Å². The molecule has 132 valence electrons. The highest BCUT2D eigenvalue weighted by Gasteiger charge is 2.08. The lowest BCUT2D eigenvalue weighted by atomic mass is 10.2. The first-order valence-corrected chi connectivity index (χ1v) is 9.06. The Kier molecular flexibility index (Phi) is 5.93.